The van der Waals surface area contributed by atoms with E-state index in [1.165, 1.54) is 30.5 Å². The fourth-order valence-electron chi connectivity index (χ4n) is 3.67. The first-order chi connectivity index (χ1) is 14.5. The van der Waals surface area contributed by atoms with Gasteiger partial charge in [-0.05, 0) is 43.0 Å². The van der Waals surface area contributed by atoms with E-state index >= 15 is 0 Å². The van der Waals surface area contributed by atoms with E-state index in [-0.39, 0.29) is 28.4 Å². The van der Waals surface area contributed by atoms with E-state index in [0.29, 0.717) is 12.1 Å². The second kappa shape index (κ2) is 11.8. The number of phenols is 1. The average molecular weight is 432 g/mol. The number of carbonyl (C=O) groups is 1. The van der Waals surface area contributed by atoms with Gasteiger partial charge in [0.25, 0.3) is 5.91 Å². The normalized spacial score (nSPS) is 15.6. The van der Waals surface area contributed by atoms with Crippen LogP contribution >= 0.6 is 11.6 Å². The molecule has 0 aromatic heterocycles. The van der Waals surface area contributed by atoms with Crippen molar-refractivity contribution in [2.24, 2.45) is 0 Å². The molecule has 164 valence electrons. The van der Waals surface area contributed by atoms with E-state index in [2.05, 4.69) is 36.5 Å². The van der Waals surface area contributed by atoms with Gasteiger partial charge in [0.05, 0.1) is 16.6 Å². The quantitative estimate of drug-likeness (QED) is 0.398. The molecule has 0 aliphatic carbocycles. The van der Waals surface area contributed by atoms with Crippen LogP contribution in [0.15, 0.2) is 36.4 Å². The molecule has 0 spiro atoms. The molecule has 1 atom stereocenters. The Kier molecular flexibility index (Phi) is 9.47. The molecule has 1 aliphatic heterocycles. The van der Waals surface area contributed by atoms with Gasteiger partial charge < -0.3 is 21.1 Å². The van der Waals surface area contributed by atoms with Crippen molar-refractivity contribution < 1.29 is 9.90 Å². The van der Waals surface area contributed by atoms with Gasteiger partial charge in [0.2, 0.25) is 0 Å². The third-order valence-electron chi connectivity index (χ3n) is 5.26. The molecule has 4 N–H and O–H groups in total. The molecule has 0 saturated carbocycles. The molecular weight excluding hydrogens is 398 g/mol. The summed E-state index contributed by atoms with van der Waals surface area (Å²) in [6.45, 7) is 8.75. The van der Waals surface area contributed by atoms with Crippen LogP contribution in [-0.2, 0) is 6.54 Å². The number of hydrogen-bond donors (Lipinski definition) is 3. The molecule has 1 unspecified atom stereocenters. The second-order valence-electron chi connectivity index (χ2n) is 7.32. The van der Waals surface area contributed by atoms with Crippen molar-refractivity contribution in [3.63, 3.8) is 0 Å². The van der Waals surface area contributed by atoms with Gasteiger partial charge in [-0.2, -0.15) is 0 Å². The van der Waals surface area contributed by atoms with E-state index in [0.717, 1.165) is 31.5 Å². The number of halogens is 1. The topological polar surface area (TPSA) is 78.6 Å². The molecular formula is C24H34ClN3O2. The fourth-order valence-corrected chi connectivity index (χ4v) is 3.83. The van der Waals surface area contributed by atoms with Crippen LogP contribution in [0.5, 0.6) is 5.75 Å². The van der Waals surface area contributed by atoms with E-state index in [9.17, 15) is 9.90 Å². The van der Waals surface area contributed by atoms with Gasteiger partial charge in [-0.15, -0.1) is 0 Å². The standard InChI is InChI=1S/C22H28ClN3O2.C2H6/c1-2-3-10-25-14-15-6-8-16(9-7-15)20-5-4-11-26(20)22(28)17-12-18(23)21(27)13-19(17)24;1-2/h6-9,12-13,20,25,27H,2-5,10-11,14,24H2,1H3;1-2H3. The number of anilines is 1. The number of nitrogens with two attached hydrogens (primary N) is 1. The Balaban J connectivity index is 0.00000155. The maximum atomic E-state index is 13.1. The number of rotatable bonds is 7. The minimum Gasteiger partial charge on any atom is -0.506 e. The molecule has 5 nitrogen and oxygen atoms in total. The highest BCUT2D eigenvalue weighted by atomic mass is 35.5. The van der Waals surface area contributed by atoms with Crippen molar-refractivity contribution in [3.05, 3.63) is 58.1 Å². The van der Waals surface area contributed by atoms with Gasteiger partial charge in [0.15, 0.2) is 0 Å². The van der Waals surface area contributed by atoms with Crippen molar-refractivity contribution in [2.45, 2.75) is 59.0 Å². The van der Waals surface area contributed by atoms with Crippen LogP contribution < -0.4 is 11.1 Å². The highest BCUT2D eigenvalue weighted by Gasteiger charge is 2.31. The van der Waals surface area contributed by atoms with E-state index < -0.39 is 0 Å². The molecule has 30 heavy (non-hydrogen) atoms. The van der Waals surface area contributed by atoms with Crippen molar-refractivity contribution >= 4 is 23.2 Å². The van der Waals surface area contributed by atoms with Crippen molar-refractivity contribution in [1.29, 1.82) is 0 Å². The first-order valence-corrected chi connectivity index (χ1v) is 11.3. The van der Waals surface area contributed by atoms with Gasteiger partial charge in [-0.25, -0.2) is 0 Å². The summed E-state index contributed by atoms with van der Waals surface area (Å²) in [5.74, 6) is -0.260. The van der Waals surface area contributed by atoms with Crippen LogP contribution in [0.2, 0.25) is 5.02 Å². The van der Waals surface area contributed by atoms with Crippen LogP contribution in [0.25, 0.3) is 0 Å². The summed E-state index contributed by atoms with van der Waals surface area (Å²) < 4.78 is 0. The maximum absolute atomic E-state index is 13.1. The summed E-state index contributed by atoms with van der Waals surface area (Å²) in [5.41, 5.74) is 8.91. The first-order valence-electron chi connectivity index (χ1n) is 10.9. The van der Waals surface area contributed by atoms with Gasteiger partial charge in [0.1, 0.15) is 5.75 Å². The zero-order chi connectivity index (χ0) is 22.1. The van der Waals surface area contributed by atoms with E-state index in [1.807, 2.05) is 18.7 Å². The lowest BCUT2D eigenvalue weighted by Crippen LogP contribution is -2.31. The molecule has 3 rings (SSSR count). The number of amides is 1. The molecule has 1 amide bonds. The number of hydrogen-bond acceptors (Lipinski definition) is 4. The highest BCUT2D eigenvalue weighted by molar-refractivity contribution is 6.32. The minimum atomic E-state index is -0.146. The molecule has 6 heteroatoms. The average Bonchev–Trinajstić information content (AvgIpc) is 3.25. The van der Waals surface area contributed by atoms with Gasteiger partial charge >= 0.3 is 0 Å². The number of benzene rings is 2. The summed E-state index contributed by atoms with van der Waals surface area (Å²) >= 11 is 5.99. The van der Waals surface area contributed by atoms with Crippen LogP contribution in [-0.4, -0.2) is 29.0 Å². The smallest absolute Gasteiger partial charge is 0.256 e. The fraction of sp³-hybridized carbons (Fsp3) is 0.458. The summed E-state index contributed by atoms with van der Waals surface area (Å²) in [7, 11) is 0. The van der Waals surface area contributed by atoms with Gasteiger partial charge in [-0.3, -0.25) is 4.79 Å². The van der Waals surface area contributed by atoms with E-state index in [1.54, 1.807) is 0 Å². The summed E-state index contributed by atoms with van der Waals surface area (Å²) in [5, 5.41) is 13.3. The van der Waals surface area contributed by atoms with Crippen molar-refractivity contribution in [3.8, 4) is 5.75 Å². The monoisotopic (exact) mass is 431 g/mol. The van der Waals surface area contributed by atoms with Crippen LogP contribution in [0.4, 0.5) is 5.69 Å². The first kappa shape index (κ1) is 24.0. The molecule has 0 radical (unpaired) electrons. The lowest BCUT2D eigenvalue weighted by molar-refractivity contribution is 0.0736. The Morgan fingerprint density at radius 2 is 1.97 bits per heavy atom. The second-order valence-corrected chi connectivity index (χ2v) is 7.73. The molecule has 0 bridgehead atoms. The molecule has 1 heterocycles. The number of likely N-dealkylation sites (tertiary alicyclic amines) is 1. The summed E-state index contributed by atoms with van der Waals surface area (Å²) in [6, 6.07) is 11.3. The van der Waals surface area contributed by atoms with E-state index in [4.69, 9.17) is 17.3 Å². The molecule has 1 fully saturated rings. The zero-order valence-corrected chi connectivity index (χ0v) is 19.0. The van der Waals surface area contributed by atoms with Gasteiger partial charge in [-0.1, -0.05) is 63.1 Å². The zero-order valence-electron chi connectivity index (χ0n) is 18.2. The molecule has 2 aromatic carbocycles. The lowest BCUT2D eigenvalue weighted by Gasteiger charge is -2.26. The predicted molar refractivity (Wildman–Crippen MR) is 125 cm³/mol. The Hall–Kier alpha value is -2.24. The number of aromatic hydroxyl groups is 1. The minimum absolute atomic E-state index is 0.0292. The number of phenolic OH excluding ortho intramolecular Hbond substituents is 1. The third-order valence-corrected chi connectivity index (χ3v) is 5.57. The molecule has 1 saturated heterocycles. The molecule has 1 aliphatic rings. The Morgan fingerprint density at radius 3 is 2.63 bits per heavy atom. The third kappa shape index (κ3) is 5.89. The van der Waals surface area contributed by atoms with Crippen LogP contribution in [0.1, 0.15) is 74.0 Å². The maximum Gasteiger partial charge on any atom is 0.256 e. The Morgan fingerprint density at radius 1 is 1.27 bits per heavy atom. The van der Waals surface area contributed by atoms with Gasteiger partial charge in [0, 0.05) is 24.8 Å². The number of nitrogens with one attached hydrogen (secondary N) is 1. The largest absolute Gasteiger partial charge is 0.506 e. The summed E-state index contributed by atoms with van der Waals surface area (Å²) in [6.07, 6.45) is 4.24. The highest BCUT2D eigenvalue weighted by Crippen LogP contribution is 2.36. The van der Waals surface area contributed by atoms with Crippen LogP contribution in [0.3, 0.4) is 0 Å². The van der Waals surface area contributed by atoms with Crippen LogP contribution in [0, 0.1) is 0 Å². The van der Waals surface area contributed by atoms with Crippen molar-refractivity contribution in [1.82, 2.24) is 10.2 Å². The SMILES string of the molecule is CC.CCCCNCc1ccc(C2CCCN2C(=O)c2cc(Cl)c(O)cc2N)cc1. The predicted octanol–water partition coefficient (Wildman–Crippen LogP) is 5.52. The Bertz CT molecular complexity index is 824. The molecule has 2 aromatic rings. The summed E-state index contributed by atoms with van der Waals surface area (Å²) in [4.78, 5) is 14.9. The lowest BCUT2D eigenvalue weighted by atomic mass is 10.0. The van der Waals surface area contributed by atoms with Crippen molar-refractivity contribution in [2.75, 3.05) is 18.8 Å². The number of unbranched alkanes of at least 4 members (excludes halogenated alkanes) is 1. The number of nitrogens with zero attached hydrogens (tertiary/aromatic N) is 1. The number of carbonyl (C=O) groups excluding carboxylic acids is 1. The number of nitrogen functional groups attached to an aromatic ring is 1. The Labute approximate surface area is 185 Å².